The number of benzene rings is 2. The number of aromatic nitrogens is 2. The third-order valence-corrected chi connectivity index (χ3v) is 6.54. The lowest BCUT2D eigenvalue weighted by molar-refractivity contribution is 0.101. The molecule has 1 N–H and O–H groups in total. The van der Waals surface area contributed by atoms with E-state index in [4.69, 9.17) is 0 Å². The first-order chi connectivity index (χ1) is 15.6. The van der Waals surface area contributed by atoms with Gasteiger partial charge >= 0.3 is 0 Å². The molecule has 160 valence electrons. The van der Waals surface area contributed by atoms with Crippen LogP contribution in [0.4, 0.5) is 5.69 Å². The number of hydrogen-bond donors (Lipinski definition) is 1. The summed E-state index contributed by atoms with van der Waals surface area (Å²) in [5.41, 5.74) is 2.19. The number of anilines is 1. The molecule has 2 aromatic heterocycles. The predicted molar refractivity (Wildman–Crippen MR) is 130 cm³/mol. The van der Waals surface area contributed by atoms with Crippen molar-refractivity contribution in [1.29, 1.82) is 0 Å². The second kappa shape index (κ2) is 9.76. The summed E-state index contributed by atoms with van der Waals surface area (Å²) in [6.45, 7) is 4.03. The number of nitrogens with one attached hydrogen (secondary N) is 1. The van der Waals surface area contributed by atoms with Crippen LogP contribution in [0.15, 0.2) is 88.6 Å². The number of carbonyl (C=O) groups is 2. The predicted octanol–water partition coefficient (Wildman–Crippen LogP) is 4.87. The molecule has 0 atom stereocenters. The highest BCUT2D eigenvalue weighted by atomic mass is 32.2. The summed E-state index contributed by atoms with van der Waals surface area (Å²) >= 11 is 2.58. The van der Waals surface area contributed by atoms with Gasteiger partial charge in [-0.15, -0.1) is 17.9 Å². The molecule has 0 unspecified atom stereocenters. The number of fused-ring (bicyclic) bond motifs is 1. The van der Waals surface area contributed by atoms with Gasteiger partial charge in [0.2, 0.25) is 0 Å². The number of thioether (sulfide) groups is 1. The molecule has 0 bridgehead atoms. The fourth-order valence-corrected chi connectivity index (χ4v) is 4.75. The molecule has 2 aromatic carbocycles. The molecular weight excluding hydrogens is 442 g/mol. The van der Waals surface area contributed by atoms with E-state index >= 15 is 0 Å². The Balaban J connectivity index is 1.44. The van der Waals surface area contributed by atoms with E-state index in [0.717, 1.165) is 0 Å². The van der Waals surface area contributed by atoms with Gasteiger partial charge in [0.1, 0.15) is 4.70 Å². The Labute approximate surface area is 192 Å². The van der Waals surface area contributed by atoms with Crippen molar-refractivity contribution >= 4 is 50.7 Å². The van der Waals surface area contributed by atoms with Crippen molar-refractivity contribution in [1.82, 2.24) is 9.55 Å². The van der Waals surface area contributed by atoms with Gasteiger partial charge in [0.05, 0.1) is 11.3 Å². The molecule has 6 nitrogen and oxygen atoms in total. The van der Waals surface area contributed by atoms with E-state index in [9.17, 15) is 14.4 Å². The Bertz CT molecular complexity index is 1340. The summed E-state index contributed by atoms with van der Waals surface area (Å²) < 4.78 is 2.13. The van der Waals surface area contributed by atoms with Gasteiger partial charge in [-0.2, -0.15) is 0 Å². The fraction of sp³-hybridized carbons (Fsp3) is 0.0833. The van der Waals surface area contributed by atoms with Crippen LogP contribution >= 0.6 is 23.1 Å². The zero-order chi connectivity index (χ0) is 22.5. The molecule has 0 spiro atoms. The fourth-order valence-electron chi connectivity index (χ4n) is 3.07. The van der Waals surface area contributed by atoms with Gasteiger partial charge in [0.15, 0.2) is 10.9 Å². The van der Waals surface area contributed by atoms with E-state index in [-0.39, 0.29) is 23.0 Å². The van der Waals surface area contributed by atoms with Gasteiger partial charge in [-0.25, -0.2) is 4.98 Å². The van der Waals surface area contributed by atoms with E-state index in [1.165, 1.54) is 27.7 Å². The number of ketones is 1. The maximum absolute atomic E-state index is 12.7. The van der Waals surface area contributed by atoms with Crippen molar-refractivity contribution in [2.75, 3.05) is 11.1 Å². The van der Waals surface area contributed by atoms with Crippen LogP contribution in [-0.2, 0) is 6.54 Å². The number of amides is 1. The highest BCUT2D eigenvalue weighted by Gasteiger charge is 2.14. The normalized spacial score (nSPS) is 10.8. The van der Waals surface area contributed by atoms with Gasteiger partial charge < -0.3 is 5.32 Å². The molecule has 0 fully saturated rings. The van der Waals surface area contributed by atoms with Gasteiger partial charge in [0, 0.05) is 23.4 Å². The number of nitrogens with zero attached hydrogens (tertiary/aromatic N) is 2. The third-order valence-electron chi connectivity index (χ3n) is 4.68. The van der Waals surface area contributed by atoms with Crippen LogP contribution in [0.1, 0.15) is 20.7 Å². The molecule has 0 aliphatic carbocycles. The largest absolute Gasteiger partial charge is 0.322 e. The monoisotopic (exact) mass is 461 g/mol. The highest BCUT2D eigenvalue weighted by molar-refractivity contribution is 7.99. The number of allylic oxidation sites excluding steroid dienone is 1. The van der Waals surface area contributed by atoms with Crippen LogP contribution in [0, 0.1) is 0 Å². The molecule has 4 aromatic rings. The molecule has 4 rings (SSSR count). The average Bonchev–Trinajstić information content (AvgIpc) is 3.29. The first kappa shape index (κ1) is 21.7. The maximum Gasteiger partial charge on any atom is 0.272 e. The van der Waals surface area contributed by atoms with Crippen molar-refractivity contribution in [3.8, 4) is 0 Å². The van der Waals surface area contributed by atoms with Crippen LogP contribution < -0.4 is 10.9 Å². The summed E-state index contributed by atoms with van der Waals surface area (Å²) in [7, 11) is 0. The van der Waals surface area contributed by atoms with E-state index in [2.05, 4.69) is 16.9 Å². The zero-order valence-corrected chi connectivity index (χ0v) is 18.6. The van der Waals surface area contributed by atoms with Crippen LogP contribution in [0.2, 0.25) is 0 Å². The van der Waals surface area contributed by atoms with Crippen molar-refractivity contribution < 1.29 is 9.59 Å². The summed E-state index contributed by atoms with van der Waals surface area (Å²) in [6.07, 6.45) is 1.64. The third kappa shape index (κ3) is 4.71. The van der Waals surface area contributed by atoms with Crippen LogP contribution in [-0.4, -0.2) is 27.0 Å². The quantitative estimate of drug-likeness (QED) is 0.175. The van der Waals surface area contributed by atoms with E-state index < -0.39 is 0 Å². The number of thiophene rings is 1. The van der Waals surface area contributed by atoms with Crippen molar-refractivity contribution in [2.24, 2.45) is 0 Å². The van der Waals surface area contributed by atoms with Gasteiger partial charge in [-0.05, 0) is 47.8 Å². The number of carbonyl (C=O) groups excluding carboxylic acids is 2. The Morgan fingerprint density at radius 1 is 1.06 bits per heavy atom. The van der Waals surface area contributed by atoms with Crippen LogP contribution in [0.5, 0.6) is 0 Å². The van der Waals surface area contributed by atoms with Crippen molar-refractivity contribution in [2.45, 2.75) is 11.7 Å². The first-order valence-corrected chi connectivity index (χ1v) is 11.6. The lowest BCUT2D eigenvalue weighted by Gasteiger charge is -2.10. The van der Waals surface area contributed by atoms with E-state index in [1.807, 2.05) is 11.4 Å². The minimum Gasteiger partial charge on any atom is -0.322 e. The number of Topliss-reactive ketones (excluding diaryl/α,β-unsaturated/α-hetero) is 1. The molecular formula is C24H19N3O3S2. The van der Waals surface area contributed by atoms with E-state index in [0.29, 0.717) is 38.7 Å². The van der Waals surface area contributed by atoms with Crippen LogP contribution in [0.25, 0.3) is 10.2 Å². The molecule has 0 aliphatic rings. The Morgan fingerprint density at radius 3 is 2.53 bits per heavy atom. The molecule has 2 heterocycles. The van der Waals surface area contributed by atoms with Crippen molar-refractivity contribution in [3.63, 3.8) is 0 Å². The lowest BCUT2D eigenvalue weighted by atomic mass is 10.1. The van der Waals surface area contributed by atoms with Gasteiger partial charge in [0.25, 0.3) is 11.5 Å². The van der Waals surface area contributed by atoms with Crippen LogP contribution in [0.3, 0.4) is 0 Å². The molecule has 1 amide bonds. The smallest absolute Gasteiger partial charge is 0.272 e. The number of rotatable bonds is 8. The summed E-state index contributed by atoms with van der Waals surface area (Å²) in [4.78, 5) is 42.2. The summed E-state index contributed by atoms with van der Waals surface area (Å²) in [6, 6.07) is 17.5. The SMILES string of the molecule is C=CCn1c(SCC(=O)c2ccc(NC(=O)c3ccccc3)cc2)nc2ccsc2c1=O. The highest BCUT2D eigenvalue weighted by Crippen LogP contribution is 2.22. The van der Waals surface area contributed by atoms with Crippen molar-refractivity contribution in [3.05, 3.63) is 100 Å². The molecule has 0 aliphatic heterocycles. The Kier molecular flexibility index (Phi) is 6.63. The second-order valence-electron chi connectivity index (χ2n) is 6.84. The Hall–Kier alpha value is -3.49. The minimum atomic E-state index is -0.213. The average molecular weight is 462 g/mol. The minimum absolute atomic E-state index is 0.0965. The molecule has 0 radical (unpaired) electrons. The second-order valence-corrected chi connectivity index (χ2v) is 8.70. The molecule has 8 heteroatoms. The zero-order valence-electron chi connectivity index (χ0n) is 17.0. The van der Waals surface area contributed by atoms with Gasteiger partial charge in [-0.1, -0.05) is 36.0 Å². The Morgan fingerprint density at radius 2 is 1.81 bits per heavy atom. The maximum atomic E-state index is 12.7. The summed E-state index contributed by atoms with van der Waals surface area (Å²) in [5, 5.41) is 5.13. The van der Waals surface area contributed by atoms with Gasteiger partial charge in [-0.3, -0.25) is 19.0 Å². The first-order valence-electron chi connectivity index (χ1n) is 9.78. The number of hydrogen-bond acceptors (Lipinski definition) is 6. The summed E-state index contributed by atoms with van der Waals surface area (Å²) in [5.74, 6) is -0.175. The molecule has 32 heavy (non-hydrogen) atoms. The molecule has 0 saturated carbocycles. The lowest BCUT2D eigenvalue weighted by Crippen LogP contribution is -2.22. The molecule has 0 saturated heterocycles. The standard InChI is InChI=1S/C24H19N3O3S2/c1-2-13-27-23(30)21-19(12-14-31-21)26-24(27)32-15-20(28)16-8-10-18(11-9-16)25-22(29)17-6-4-3-5-7-17/h2-12,14H,1,13,15H2,(H,25,29). The van der Waals surface area contributed by atoms with E-state index in [1.54, 1.807) is 60.7 Å². The topological polar surface area (TPSA) is 81.1 Å².